The summed E-state index contributed by atoms with van der Waals surface area (Å²) in [6, 6.07) is 20.2. The average molecular weight is 466 g/mol. The van der Waals surface area contributed by atoms with E-state index in [1.54, 1.807) is 11.3 Å². The molecule has 0 aliphatic heterocycles. The Bertz CT molecular complexity index is 1130. The Labute approximate surface area is 182 Å². The van der Waals surface area contributed by atoms with Gasteiger partial charge in [-0.2, -0.15) is 0 Å². The van der Waals surface area contributed by atoms with Gasteiger partial charge in [-0.1, -0.05) is 57.9 Å². The molecular formula is C23H20BrN3OS. The molecule has 6 heteroatoms. The minimum Gasteiger partial charge on any atom is -0.350 e. The van der Waals surface area contributed by atoms with Gasteiger partial charge >= 0.3 is 0 Å². The van der Waals surface area contributed by atoms with Gasteiger partial charge in [-0.15, -0.1) is 11.3 Å². The number of hydrogen-bond acceptors (Lipinski definition) is 3. The Morgan fingerprint density at radius 1 is 1.14 bits per heavy atom. The van der Waals surface area contributed by atoms with Gasteiger partial charge in [-0.25, -0.2) is 4.98 Å². The van der Waals surface area contributed by atoms with Crippen molar-refractivity contribution in [3.05, 3.63) is 87.8 Å². The molecule has 0 bridgehead atoms. The second kappa shape index (κ2) is 8.76. The molecule has 4 rings (SSSR count). The van der Waals surface area contributed by atoms with E-state index in [1.165, 1.54) is 5.56 Å². The maximum atomic E-state index is 12.5. The van der Waals surface area contributed by atoms with Crippen LogP contribution >= 0.6 is 27.3 Å². The van der Waals surface area contributed by atoms with Gasteiger partial charge in [0.25, 0.3) is 0 Å². The summed E-state index contributed by atoms with van der Waals surface area (Å²) < 4.78 is 2.94. The summed E-state index contributed by atoms with van der Waals surface area (Å²) in [7, 11) is 0. The van der Waals surface area contributed by atoms with Crippen molar-refractivity contribution in [2.24, 2.45) is 0 Å². The zero-order valence-electron chi connectivity index (χ0n) is 15.9. The topological polar surface area (TPSA) is 46.9 Å². The number of carbonyl (C=O) groups is 1. The van der Waals surface area contributed by atoms with Crippen LogP contribution in [0.25, 0.3) is 22.0 Å². The summed E-state index contributed by atoms with van der Waals surface area (Å²) in [5.41, 5.74) is 5.29. The molecule has 0 atom stereocenters. The van der Waals surface area contributed by atoms with Crippen LogP contribution in [0.4, 0.5) is 0 Å². The maximum absolute atomic E-state index is 12.5. The lowest BCUT2D eigenvalue weighted by atomic mass is 10.1. The van der Waals surface area contributed by atoms with Crippen molar-refractivity contribution in [2.45, 2.75) is 20.0 Å². The molecule has 0 aliphatic carbocycles. The van der Waals surface area contributed by atoms with E-state index < -0.39 is 0 Å². The fourth-order valence-corrected chi connectivity index (χ4v) is 4.37. The third-order valence-electron chi connectivity index (χ3n) is 4.59. The monoisotopic (exact) mass is 465 g/mol. The van der Waals surface area contributed by atoms with Gasteiger partial charge in [0, 0.05) is 28.2 Å². The summed E-state index contributed by atoms with van der Waals surface area (Å²) in [6.45, 7) is 2.84. The summed E-state index contributed by atoms with van der Waals surface area (Å²) in [5, 5.41) is 5.95. The molecule has 0 unspecified atom stereocenters. The number of benzene rings is 2. The lowest BCUT2D eigenvalue weighted by Crippen LogP contribution is -2.27. The molecule has 0 fully saturated rings. The number of aromatic nitrogens is 2. The van der Waals surface area contributed by atoms with E-state index in [-0.39, 0.29) is 12.5 Å². The summed E-state index contributed by atoms with van der Waals surface area (Å²) in [4.78, 5) is 17.2. The largest absolute Gasteiger partial charge is 0.350 e. The Morgan fingerprint density at radius 3 is 2.76 bits per heavy atom. The van der Waals surface area contributed by atoms with Gasteiger partial charge in [-0.3, -0.25) is 4.79 Å². The van der Waals surface area contributed by atoms with Crippen LogP contribution in [0.5, 0.6) is 0 Å². The minimum absolute atomic E-state index is 0.0299. The molecule has 4 aromatic rings. The molecule has 4 nitrogen and oxygen atoms in total. The van der Waals surface area contributed by atoms with Gasteiger partial charge in [0.1, 0.15) is 11.6 Å². The number of amides is 1. The first-order valence-electron chi connectivity index (χ1n) is 9.28. The SMILES string of the molecule is Cc1ccc(-c2csc(-c3cccn3CC(=O)NCc3cccc(Br)c3)n2)cc1. The van der Waals surface area contributed by atoms with Crippen molar-refractivity contribution in [1.29, 1.82) is 0 Å². The van der Waals surface area contributed by atoms with Crippen molar-refractivity contribution in [3.63, 3.8) is 0 Å². The molecule has 0 aliphatic rings. The van der Waals surface area contributed by atoms with E-state index in [0.29, 0.717) is 6.54 Å². The second-order valence-electron chi connectivity index (χ2n) is 6.83. The number of nitrogens with zero attached hydrogens (tertiary/aromatic N) is 2. The first-order valence-corrected chi connectivity index (χ1v) is 10.9. The Hall–Kier alpha value is -2.70. The first-order chi connectivity index (χ1) is 14.1. The lowest BCUT2D eigenvalue weighted by molar-refractivity contribution is -0.121. The van der Waals surface area contributed by atoms with Gasteiger partial charge in [-0.05, 0) is 36.8 Å². The van der Waals surface area contributed by atoms with Gasteiger partial charge in [0.15, 0.2) is 0 Å². The molecule has 146 valence electrons. The molecule has 29 heavy (non-hydrogen) atoms. The highest BCUT2D eigenvalue weighted by Crippen LogP contribution is 2.29. The van der Waals surface area contributed by atoms with Crippen molar-refractivity contribution < 1.29 is 4.79 Å². The minimum atomic E-state index is -0.0299. The van der Waals surface area contributed by atoms with E-state index in [4.69, 9.17) is 4.98 Å². The Kier molecular flexibility index (Phi) is 5.92. The van der Waals surface area contributed by atoms with E-state index in [1.807, 2.05) is 47.2 Å². The highest BCUT2D eigenvalue weighted by atomic mass is 79.9. The molecule has 0 saturated heterocycles. The zero-order chi connectivity index (χ0) is 20.2. The van der Waals surface area contributed by atoms with Crippen LogP contribution in [0, 0.1) is 6.92 Å². The normalized spacial score (nSPS) is 10.8. The van der Waals surface area contributed by atoms with Crippen LogP contribution in [0.1, 0.15) is 11.1 Å². The predicted octanol–water partition coefficient (Wildman–Crippen LogP) is 5.67. The number of aryl methyl sites for hydroxylation is 1. The molecule has 1 N–H and O–H groups in total. The molecule has 0 radical (unpaired) electrons. The average Bonchev–Trinajstić information content (AvgIpc) is 3.36. The smallest absolute Gasteiger partial charge is 0.240 e. The number of hydrogen-bond donors (Lipinski definition) is 1. The zero-order valence-corrected chi connectivity index (χ0v) is 18.3. The van der Waals surface area contributed by atoms with Crippen molar-refractivity contribution >= 4 is 33.2 Å². The van der Waals surface area contributed by atoms with Crippen molar-refractivity contribution in [3.8, 4) is 22.0 Å². The number of carbonyl (C=O) groups excluding carboxylic acids is 1. The second-order valence-corrected chi connectivity index (χ2v) is 8.61. The van der Waals surface area contributed by atoms with Crippen LogP contribution in [-0.4, -0.2) is 15.5 Å². The molecular weight excluding hydrogens is 446 g/mol. The fraction of sp³-hybridized carbons (Fsp3) is 0.130. The third kappa shape index (κ3) is 4.83. The fourth-order valence-electron chi connectivity index (χ4n) is 3.05. The summed E-state index contributed by atoms with van der Waals surface area (Å²) >= 11 is 5.04. The number of thiazole rings is 1. The quantitative estimate of drug-likeness (QED) is 0.398. The third-order valence-corrected chi connectivity index (χ3v) is 5.95. The molecule has 2 aromatic heterocycles. The highest BCUT2D eigenvalue weighted by Gasteiger charge is 2.12. The number of rotatable bonds is 6. The lowest BCUT2D eigenvalue weighted by Gasteiger charge is -2.09. The van der Waals surface area contributed by atoms with Crippen LogP contribution in [0.2, 0.25) is 0 Å². The molecule has 1 amide bonds. The Morgan fingerprint density at radius 2 is 1.97 bits per heavy atom. The number of halogens is 1. The first kappa shape index (κ1) is 19.6. The highest BCUT2D eigenvalue weighted by molar-refractivity contribution is 9.10. The van der Waals surface area contributed by atoms with Crippen LogP contribution < -0.4 is 5.32 Å². The molecule has 2 heterocycles. The van der Waals surface area contributed by atoms with Gasteiger partial charge < -0.3 is 9.88 Å². The molecule has 0 spiro atoms. The molecule has 0 saturated carbocycles. The summed E-state index contributed by atoms with van der Waals surface area (Å²) in [6.07, 6.45) is 1.92. The Balaban J connectivity index is 1.44. The maximum Gasteiger partial charge on any atom is 0.240 e. The van der Waals surface area contributed by atoms with Crippen LogP contribution in [-0.2, 0) is 17.9 Å². The standard InChI is InChI=1S/C23H20BrN3OS/c1-16-7-9-18(10-8-16)20-15-29-23(26-20)21-6-3-11-27(21)14-22(28)25-13-17-4-2-5-19(24)12-17/h2-12,15H,13-14H2,1H3,(H,25,28). The summed E-state index contributed by atoms with van der Waals surface area (Å²) in [5.74, 6) is -0.0299. The van der Waals surface area contributed by atoms with E-state index in [9.17, 15) is 4.79 Å². The van der Waals surface area contributed by atoms with Crippen molar-refractivity contribution in [2.75, 3.05) is 0 Å². The van der Waals surface area contributed by atoms with E-state index in [0.717, 1.165) is 32.0 Å². The van der Waals surface area contributed by atoms with E-state index >= 15 is 0 Å². The van der Waals surface area contributed by atoms with Crippen molar-refractivity contribution in [1.82, 2.24) is 14.9 Å². The number of nitrogens with one attached hydrogen (secondary N) is 1. The van der Waals surface area contributed by atoms with Gasteiger partial charge in [0.2, 0.25) is 5.91 Å². The van der Waals surface area contributed by atoms with Crippen LogP contribution in [0.3, 0.4) is 0 Å². The molecule has 2 aromatic carbocycles. The van der Waals surface area contributed by atoms with E-state index in [2.05, 4.69) is 57.8 Å². The predicted molar refractivity (Wildman–Crippen MR) is 122 cm³/mol. The van der Waals surface area contributed by atoms with Gasteiger partial charge in [0.05, 0.1) is 11.4 Å². The van der Waals surface area contributed by atoms with Crippen LogP contribution in [0.15, 0.2) is 76.7 Å².